The van der Waals surface area contributed by atoms with E-state index in [1.54, 1.807) is 84.9 Å². The molecule has 0 aliphatic rings. The van der Waals surface area contributed by atoms with E-state index in [9.17, 15) is 16.8 Å². The molecular weight excluding hydrogens is 540 g/mol. The highest BCUT2D eigenvalue weighted by Crippen LogP contribution is 2.34. The van der Waals surface area contributed by atoms with E-state index in [4.69, 9.17) is 4.74 Å². The van der Waals surface area contributed by atoms with Crippen LogP contribution in [-0.2, 0) is 30.7 Å². The zero-order chi connectivity index (χ0) is 29.3. The zero-order valence-electron chi connectivity index (χ0n) is 23.8. The summed E-state index contributed by atoms with van der Waals surface area (Å²) in [5.74, 6) is 0.516. The Bertz CT molecular complexity index is 1680. The maximum Gasteiger partial charge on any atom is 0.206 e. The van der Waals surface area contributed by atoms with Gasteiger partial charge in [-0.1, -0.05) is 69.7 Å². The zero-order valence-corrected chi connectivity index (χ0v) is 25.4. The summed E-state index contributed by atoms with van der Waals surface area (Å²) in [6.07, 6.45) is 0.608. The van der Waals surface area contributed by atoms with Gasteiger partial charge in [0.05, 0.1) is 19.6 Å². The van der Waals surface area contributed by atoms with Gasteiger partial charge in [0.1, 0.15) is 11.4 Å². The summed E-state index contributed by atoms with van der Waals surface area (Å²) in [4.78, 5) is 0.893. The fourth-order valence-corrected chi connectivity index (χ4v) is 6.91. The molecule has 0 aliphatic carbocycles. The highest BCUT2D eigenvalue weighted by Gasteiger charge is 2.28. The molecule has 0 fully saturated rings. The summed E-state index contributed by atoms with van der Waals surface area (Å²) in [6.45, 7) is 12.1. The van der Waals surface area contributed by atoms with Crippen molar-refractivity contribution in [2.24, 2.45) is 0 Å². The van der Waals surface area contributed by atoms with Gasteiger partial charge in [0.15, 0.2) is 0 Å². The van der Waals surface area contributed by atoms with Crippen molar-refractivity contribution < 1.29 is 21.6 Å². The van der Waals surface area contributed by atoms with Gasteiger partial charge in [0.25, 0.3) is 0 Å². The molecule has 0 N–H and O–H groups in total. The number of rotatable bonds is 8. The predicted octanol–water partition coefficient (Wildman–Crippen LogP) is 7.66. The van der Waals surface area contributed by atoms with Crippen molar-refractivity contribution in [1.29, 1.82) is 0 Å². The minimum Gasteiger partial charge on any atom is -0.483 e. The van der Waals surface area contributed by atoms with E-state index in [0.717, 1.165) is 16.7 Å². The standard InChI is InChI=1S/C33H36O5S2/c1-7-33(6,26-12-20-30(21-13-26)39(34,35)28-16-8-24(2)9-17-28)38-27-14-22-31(23-15-27)40(36,37)29-18-10-25(11-19-29)32(3,4)5/h8-23H,7H2,1-6H3. The van der Waals surface area contributed by atoms with Crippen molar-refractivity contribution in [2.75, 3.05) is 0 Å². The van der Waals surface area contributed by atoms with Crippen molar-refractivity contribution in [3.05, 3.63) is 114 Å². The lowest BCUT2D eigenvalue weighted by atomic mass is 9.87. The molecule has 210 valence electrons. The molecule has 4 rings (SSSR count). The van der Waals surface area contributed by atoms with Crippen LogP contribution in [0, 0.1) is 6.92 Å². The van der Waals surface area contributed by atoms with Gasteiger partial charge in [-0.2, -0.15) is 0 Å². The molecule has 0 heterocycles. The maximum atomic E-state index is 13.2. The molecule has 0 aromatic heterocycles. The molecular formula is C33H36O5S2. The molecule has 0 saturated heterocycles. The lowest BCUT2D eigenvalue weighted by Gasteiger charge is -2.30. The van der Waals surface area contributed by atoms with E-state index in [1.165, 1.54) is 0 Å². The van der Waals surface area contributed by atoms with E-state index in [2.05, 4.69) is 20.8 Å². The SMILES string of the molecule is CCC(C)(Oc1ccc(S(=O)(=O)c2ccc(C(C)(C)C)cc2)cc1)c1ccc(S(=O)(=O)c2ccc(C)cc2)cc1. The van der Waals surface area contributed by atoms with E-state index in [-0.39, 0.29) is 25.0 Å². The average Bonchev–Trinajstić information content (AvgIpc) is 2.93. The van der Waals surface area contributed by atoms with Crippen LogP contribution in [0.2, 0.25) is 0 Å². The van der Waals surface area contributed by atoms with Crippen LogP contribution in [0.3, 0.4) is 0 Å². The number of aryl methyl sites for hydroxylation is 1. The number of hydrogen-bond donors (Lipinski definition) is 0. The van der Waals surface area contributed by atoms with Crippen LogP contribution in [0.1, 0.15) is 57.7 Å². The number of ether oxygens (including phenoxy) is 1. The van der Waals surface area contributed by atoms with Gasteiger partial charge < -0.3 is 4.74 Å². The second-order valence-corrected chi connectivity index (χ2v) is 15.2. The van der Waals surface area contributed by atoms with Crippen LogP contribution in [0.15, 0.2) is 117 Å². The van der Waals surface area contributed by atoms with Gasteiger partial charge in [-0.3, -0.25) is 0 Å². The van der Waals surface area contributed by atoms with Gasteiger partial charge in [-0.15, -0.1) is 0 Å². The van der Waals surface area contributed by atoms with Gasteiger partial charge >= 0.3 is 0 Å². The third-order valence-electron chi connectivity index (χ3n) is 7.29. The molecule has 0 aliphatic heterocycles. The molecule has 0 saturated carbocycles. The second kappa shape index (κ2) is 10.9. The van der Waals surface area contributed by atoms with Crippen LogP contribution in [0.4, 0.5) is 0 Å². The van der Waals surface area contributed by atoms with Crippen LogP contribution < -0.4 is 4.74 Å². The largest absolute Gasteiger partial charge is 0.483 e. The van der Waals surface area contributed by atoms with E-state index < -0.39 is 25.3 Å². The van der Waals surface area contributed by atoms with Crippen molar-refractivity contribution in [3.8, 4) is 5.75 Å². The lowest BCUT2D eigenvalue weighted by Crippen LogP contribution is -2.28. The van der Waals surface area contributed by atoms with Crippen LogP contribution >= 0.6 is 0 Å². The molecule has 40 heavy (non-hydrogen) atoms. The Balaban J connectivity index is 1.54. The predicted molar refractivity (Wildman–Crippen MR) is 158 cm³/mol. The van der Waals surface area contributed by atoms with Crippen LogP contribution in [0.25, 0.3) is 0 Å². The Hall–Kier alpha value is -3.42. The van der Waals surface area contributed by atoms with Crippen LogP contribution in [0.5, 0.6) is 5.75 Å². The highest BCUT2D eigenvalue weighted by molar-refractivity contribution is 7.91. The minimum atomic E-state index is -3.68. The topological polar surface area (TPSA) is 77.5 Å². The molecule has 0 bridgehead atoms. The molecule has 0 amide bonds. The molecule has 4 aromatic carbocycles. The number of benzene rings is 4. The normalized spacial score (nSPS) is 13.9. The Labute approximate surface area is 238 Å². The van der Waals surface area contributed by atoms with Gasteiger partial charge in [-0.05, 0) is 97.5 Å². The third-order valence-corrected chi connectivity index (χ3v) is 10.9. The summed E-state index contributed by atoms with van der Waals surface area (Å²) >= 11 is 0. The Morgan fingerprint density at radius 2 is 0.900 bits per heavy atom. The number of sulfone groups is 2. The van der Waals surface area contributed by atoms with Crippen molar-refractivity contribution >= 4 is 19.7 Å². The fraction of sp³-hybridized carbons (Fsp3) is 0.273. The number of hydrogen-bond acceptors (Lipinski definition) is 5. The molecule has 1 atom stereocenters. The summed E-state index contributed by atoms with van der Waals surface area (Å²) < 4.78 is 58.9. The summed E-state index contributed by atoms with van der Waals surface area (Å²) in [5.41, 5.74) is 2.05. The van der Waals surface area contributed by atoms with Crippen molar-refractivity contribution in [1.82, 2.24) is 0 Å². The first-order chi connectivity index (χ1) is 18.7. The van der Waals surface area contributed by atoms with E-state index in [1.807, 2.05) is 32.9 Å². The molecule has 7 heteroatoms. The van der Waals surface area contributed by atoms with Gasteiger partial charge in [0, 0.05) is 0 Å². The minimum absolute atomic E-state index is 0.0666. The summed E-state index contributed by atoms with van der Waals surface area (Å²) in [6, 6.07) is 26.9. The molecule has 1 unspecified atom stereocenters. The first-order valence-corrected chi connectivity index (χ1v) is 16.2. The second-order valence-electron chi connectivity index (χ2n) is 11.3. The van der Waals surface area contributed by atoms with Crippen molar-refractivity contribution in [2.45, 2.75) is 78.6 Å². The van der Waals surface area contributed by atoms with E-state index in [0.29, 0.717) is 12.2 Å². The quantitative estimate of drug-likeness (QED) is 0.215. The Morgan fingerprint density at radius 1 is 0.550 bits per heavy atom. The third kappa shape index (κ3) is 6.01. The molecule has 0 spiro atoms. The average molecular weight is 577 g/mol. The Kier molecular flexibility index (Phi) is 8.03. The first kappa shape index (κ1) is 29.6. The summed E-state index contributed by atoms with van der Waals surface area (Å²) in [5, 5.41) is 0. The lowest BCUT2D eigenvalue weighted by molar-refractivity contribution is 0.0825. The first-order valence-electron chi connectivity index (χ1n) is 13.2. The van der Waals surface area contributed by atoms with E-state index >= 15 is 0 Å². The Morgan fingerprint density at radius 3 is 1.27 bits per heavy atom. The monoisotopic (exact) mass is 576 g/mol. The molecule has 4 aromatic rings. The molecule has 0 radical (unpaired) electrons. The maximum absolute atomic E-state index is 13.2. The smallest absolute Gasteiger partial charge is 0.206 e. The van der Waals surface area contributed by atoms with Gasteiger partial charge in [0.2, 0.25) is 19.7 Å². The highest BCUT2D eigenvalue weighted by atomic mass is 32.2. The van der Waals surface area contributed by atoms with Crippen molar-refractivity contribution in [3.63, 3.8) is 0 Å². The summed E-state index contributed by atoms with van der Waals surface area (Å²) in [7, 11) is -7.31. The van der Waals surface area contributed by atoms with Crippen LogP contribution in [-0.4, -0.2) is 16.8 Å². The molecule has 5 nitrogen and oxygen atoms in total. The fourth-order valence-electron chi connectivity index (χ4n) is 4.39. The van der Waals surface area contributed by atoms with Gasteiger partial charge in [-0.25, -0.2) is 16.8 Å².